The first kappa shape index (κ1) is 16.9. The SMILES string of the molecule is CN=C(NCC1(C)COC1)N(C)CCOc1ccc(Cl)cc1. The van der Waals surface area contributed by atoms with Gasteiger partial charge in [0.15, 0.2) is 5.96 Å². The third-order valence-electron chi connectivity index (χ3n) is 3.66. The summed E-state index contributed by atoms with van der Waals surface area (Å²) in [6, 6.07) is 7.38. The number of hydrogen-bond donors (Lipinski definition) is 1. The summed E-state index contributed by atoms with van der Waals surface area (Å²) in [6.45, 7) is 6.01. The van der Waals surface area contributed by atoms with Crippen LogP contribution in [0.2, 0.25) is 5.02 Å². The zero-order valence-electron chi connectivity index (χ0n) is 13.4. The van der Waals surface area contributed by atoms with Crippen molar-refractivity contribution in [3.8, 4) is 5.75 Å². The summed E-state index contributed by atoms with van der Waals surface area (Å²) in [4.78, 5) is 6.36. The summed E-state index contributed by atoms with van der Waals surface area (Å²) in [7, 11) is 3.79. The highest BCUT2D eigenvalue weighted by molar-refractivity contribution is 6.30. The molecule has 22 heavy (non-hydrogen) atoms. The molecule has 1 saturated heterocycles. The van der Waals surface area contributed by atoms with Crippen molar-refractivity contribution in [3.05, 3.63) is 29.3 Å². The van der Waals surface area contributed by atoms with E-state index < -0.39 is 0 Å². The second-order valence-corrected chi connectivity index (χ2v) is 6.36. The molecule has 0 aromatic heterocycles. The Balaban J connectivity index is 1.72. The van der Waals surface area contributed by atoms with Crippen LogP contribution >= 0.6 is 11.6 Å². The Hall–Kier alpha value is -1.46. The van der Waals surface area contributed by atoms with E-state index in [-0.39, 0.29) is 5.41 Å². The molecule has 0 atom stereocenters. The summed E-state index contributed by atoms with van der Waals surface area (Å²) in [6.07, 6.45) is 0. The van der Waals surface area contributed by atoms with Gasteiger partial charge in [0.2, 0.25) is 0 Å². The molecule has 6 heteroatoms. The van der Waals surface area contributed by atoms with Crippen molar-refractivity contribution in [1.29, 1.82) is 0 Å². The second kappa shape index (κ2) is 7.70. The first-order chi connectivity index (χ1) is 10.5. The summed E-state index contributed by atoms with van der Waals surface area (Å²) in [5, 5.41) is 4.10. The van der Waals surface area contributed by atoms with Gasteiger partial charge in [-0.15, -0.1) is 0 Å². The number of benzene rings is 1. The van der Waals surface area contributed by atoms with Gasteiger partial charge in [-0.1, -0.05) is 18.5 Å². The number of hydrogen-bond acceptors (Lipinski definition) is 3. The van der Waals surface area contributed by atoms with Gasteiger partial charge in [0, 0.05) is 31.1 Å². The van der Waals surface area contributed by atoms with E-state index >= 15 is 0 Å². The van der Waals surface area contributed by atoms with Crippen molar-refractivity contribution in [2.75, 3.05) is 47.0 Å². The second-order valence-electron chi connectivity index (χ2n) is 5.93. The molecule has 1 aliphatic rings. The van der Waals surface area contributed by atoms with Crippen molar-refractivity contribution >= 4 is 17.6 Å². The van der Waals surface area contributed by atoms with Crippen LogP contribution in [0.5, 0.6) is 5.75 Å². The van der Waals surface area contributed by atoms with Gasteiger partial charge in [0.25, 0.3) is 0 Å². The van der Waals surface area contributed by atoms with Gasteiger partial charge in [0.05, 0.1) is 19.8 Å². The molecule has 0 amide bonds. The van der Waals surface area contributed by atoms with E-state index in [0.29, 0.717) is 11.6 Å². The quantitative estimate of drug-likeness (QED) is 0.644. The molecular formula is C16H24ClN3O2. The van der Waals surface area contributed by atoms with Gasteiger partial charge in [-0.25, -0.2) is 0 Å². The summed E-state index contributed by atoms with van der Waals surface area (Å²) in [5.74, 6) is 1.69. The molecule has 0 unspecified atom stereocenters. The molecular weight excluding hydrogens is 302 g/mol. The lowest BCUT2D eigenvalue weighted by Crippen LogP contribution is -2.51. The molecule has 0 bridgehead atoms. The summed E-state index contributed by atoms with van der Waals surface area (Å²) in [5.41, 5.74) is 0.219. The Morgan fingerprint density at radius 1 is 1.41 bits per heavy atom. The molecule has 0 aliphatic carbocycles. The highest BCUT2D eigenvalue weighted by Gasteiger charge is 2.33. The zero-order chi connectivity index (χ0) is 16.0. The number of guanidine groups is 1. The van der Waals surface area contributed by atoms with E-state index in [1.165, 1.54) is 0 Å². The number of rotatable bonds is 6. The Labute approximate surface area is 137 Å². The third-order valence-corrected chi connectivity index (χ3v) is 3.91. The van der Waals surface area contributed by atoms with E-state index in [2.05, 4.69) is 22.1 Å². The van der Waals surface area contributed by atoms with Crippen molar-refractivity contribution in [3.63, 3.8) is 0 Å². The molecule has 1 fully saturated rings. The first-order valence-electron chi connectivity index (χ1n) is 7.40. The maximum Gasteiger partial charge on any atom is 0.193 e. The molecule has 1 aromatic carbocycles. The van der Waals surface area contributed by atoms with Crippen molar-refractivity contribution in [2.45, 2.75) is 6.92 Å². The van der Waals surface area contributed by atoms with Crippen LogP contribution in [0.15, 0.2) is 29.3 Å². The molecule has 0 saturated carbocycles. The number of halogens is 1. The first-order valence-corrected chi connectivity index (χ1v) is 7.78. The molecule has 1 N–H and O–H groups in total. The van der Waals surface area contributed by atoms with E-state index in [1.807, 2.05) is 31.3 Å². The zero-order valence-corrected chi connectivity index (χ0v) is 14.2. The van der Waals surface area contributed by atoms with E-state index in [1.54, 1.807) is 7.05 Å². The Morgan fingerprint density at radius 2 is 2.09 bits per heavy atom. The topological polar surface area (TPSA) is 46.1 Å². The maximum absolute atomic E-state index is 5.85. The van der Waals surface area contributed by atoms with Crippen molar-refractivity contribution < 1.29 is 9.47 Å². The average Bonchev–Trinajstić information content (AvgIpc) is 2.48. The van der Waals surface area contributed by atoms with E-state index in [0.717, 1.165) is 38.0 Å². The van der Waals surface area contributed by atoms with Crippen molar-refractivity contribution in [1.82, 2.24) is 10.2 Å². The van der Waals surface area contributed by atoms with Gasteiger partial charge in [-0.3, -0.25) is 4.99 Å². The van der Waals surface area contributed by atoms with Crippen LogP contribution in [0.4, 0.5) is 0 Å². The normalized spacial score (nSPS) is 16.8. The van der Waals surface area contributed by atoms with Gasteiger partial charge in [0.1, 0.15) is 12.4 Å². The van der Waals surface area contributed by atoms with Crippen LogP contribution in [-0.4, -0.2) is 57.9 Å². The molecule has 0 spiro atoms. The number of likely N-dealkylation sites (N-methyl/N-ethyl adjacent to an activating group) is 1. The highest BCUT2D eigenvalue weighted by atomic mass is 35.5. The van der Waals surface area contributed by atoms with Crippen LogP contribution in [0.1, 0.15) is 6.92 Å². The predicted octanol–water partition coefficient (Wildman–Crippen LogP) is 2.26. The Bertz CT molecular complexity index is 501. The van der Waals surface area contributed by atoms with Crippen LogP contribution in [0.3, 0.4) is 0 Å². The van der Waals surface area contributed by atoms with Gasteiger partial charge in [-0.2, -0.15) is 0 Å². The average molecular weight is 326 g/mol. The molecule has 1 aliphatic heterocycles. The number of ether oxygens (including phenoxy) is 2. The Morgan fingerprint density at radius 3 is 2.64 bits per heavy atom. The number of aliphatic imine (C=N–C) groups is 1. The molecule has 5 nitrogen and oxygen atoms in total. The fraction of sp³-hybridized carbons (Fsp3) is 0.562. The highest BCUT2D eigenvalue weighted by Crippen LogP contribution is 2.25. The number of nitrogens with zero attached hydrogens (tertiary/aromatic N) is 2. The lowest BCUT2D eigenvalue weighted by molar-refractivity contribution is -0.0972. The molecule has 1 aromatic rings. The molecule has 1 heterocycles. The predicted molar refractivity (Wildman–Crippen MR) is 89.9 cm³/mol. The largest absolute Gasteiger partial charge is 0.492 e. The summed E-state index contributed by atoms with van der Waals surface area (Å²) >= 11 is 5.85. The minimum absolute atomic E-state index is 0.219. The van der Waals surface area contributed by atoms with E-state index in [4.69, 9.17) is 21.1 Å². The fourth-order valence-corrected chi connectivity index (χ4v) is 2.29. The number of nitrogens with one attached hydrogen (secondary N) is 1. The third kappa shape index (κ3) is 4.78. The smallest absolute Gasteiger partial charge is 0.193 e. The molecule has 122 valence electrons. The monoisotopic (exact) mass is 325 g/mol. The Kier molecular flexibility index (Phi) is 5.91. The minimum Gasteiger partial charge on any atom is -0.492 e. The standard InChI is InChI=1S/C16H24ClN3O2/c1-16(11-21-12-16)10-19-15(18-2)20(3)8-9-22-14-6-4-13(17)5-7-14/h4-7H,8-12H2,1-3H3,(H,18,19). The van der Waals surface area contributed by atoms with Gasteiger partial charge in [-0.05, 0) is 24.3 Å². The van der Waals surface area contributed by atoms with Crippen LogP contribution in [0.25, 0.3) is 0 Å². The minimum atomic E-state index is 0.219. The fourth-order valence-electron chi connectivity index (χ4n) is 2.17. The summed E-state index contributed by atoms with van der Waals surface area (Å²) < 4.78 is 11.0. The van der Waals surface area contributed by atoms with Crippen molar-refractivity contribution in [2.24, 2.45) is 10.4 Å². The molecule has 0 radical (unpaired) electrons. The van der Waals surface area contributed by atoms with Crippen LogP contribution in [0, 0.1) is 5.41 Å². The maximum atomic E-state index is 5.85. The lowest BCUT2D eigenvalue weighted by Gasteiger charge is -2.39. The van der Waals surface area contributed by atoms with Crippen LogP contribution in [-0.2, 0) is 4.74 Å². The van der Waals surface area contributed by atoms with Gasteiger partial charge >= 0.3 is 0 Å². The van der Waals surface area contributed by atoms with Crippen LogP contribution < -0.4 is 10.1 Å². The molecule has 2 rings (SSSR count). The lowest BCUT2D eigenvalue weighted by atomic mass is 9.89. The van der Waals surface area contributed by atoms with E-state index in [9.17, 15) is 0 Å². The van der Waals surface area contributed by atoms with Gasteiger partial charge < -0.3 is 19.7 Å².